The fourth-order valence-electron chi connectivity index (χ4n) is 2.49. The largest absolute Gasteiger partial charge is 0.391 e. The summed E-state index contributed by atoms with van der Waals surface area (Å²) in [5.41, 5.74) is 0.666. The molecule has 1 aromatic carbocycles. The molecule has 1 atom stereocenters. The standard InChI is InChI=1S/C14H22N2O3S/c1-11(2)15-20(18,19)14-8-4-3-7-13(14)16-9-5-6-12(17)10-16/h3-4,7-8,11-12,15,17H,5-6,9-10H2,1-2H3. The summed E-state index contributed by atoms with van der Waals surface area (Å²) in [7, 11) is -3.53. The van der Waals surface area contributed by atoms with Gasteiger partial charge in [0.1, 0.15) is 4.90 Å². The fraction of sp³-hybridized carbons (Fsp3) is 0.571. The summed E-state index contributed by atoms with van der Waals surface area (Å²) in [5.74, 6) is 0. The van der Waals surface area contributed by atoms with Gasteiger partial charge in [0.25, 0.3) is 0 Å². The lowest BCUT2D eigenvalue weighted by molar-refractivity contribution is 0.154. The van der Waals surface area contributed by atoms with E-state index in [1.165, 1.54) is 0 Å². The number of sulfonamides is 1. The van der Waals surface area contributed by atoms with E-state index in [-0.39, 0.29) is 10.9 Å². The molecule has 5 nitrogen and oxygen atoms in total. The number of hydrogen-bond acceptors (Lipinski definition) is 4. The van der Waals surface area contributed by atoms with E-state index >= 15 is 0 Å². The summed E-state index contributed by atoms with van der Waals surface area (Å²) in [6.45, 7) is 4.84. The zero-order chi connectivity index (χ0) is 14.8. The van der Waals surface area contributed by atoms with Gasteiger partial charge in [-0.3, -0.25) is 0 Å². The third kappa shape index (κ3) is 3.50. The van der Waals surface area contributed by atoms with Gasteiger partial charge in [0, 0.05) is 19.1 Å². The number of nitrogens with zero attached hydrogens (tertiary/aromatic N) is 1. The Bertz CT molecular complexity index is 557. The summed E-state index contributed by atoms with van der Waals surface area (Å²) in [6, 6.07) is 6.80. The van der Waals surface area contributed by atoms with Crippen molar-refractivity contribution in [2.45, 2.75) is 43.7 Å². The first-order chi connectivity index (χ1) is 9.40. The van der Waals surface area contributed by atoms with Gasteiger partial charge in [-0.05, 0) is 38.8 Å². The number of piperidine rings is 1. The van der Waals surface area contributed by atoms with E-state index in [1.54, 1.807) is 32.0 Å². The third-order valence-corrected chi connectivity index (χ3v) is 4.99. The van der Waals surface area contributed by atoms with Crippen LogP contribution < -0.4 is 9.62 Å². The molecule has 6 heteroatoms. The second-order valence-corrected chi connectivity index (χ2v) is 7.17. The van der Waals surface area contributed by atoms with Gasteiger partial charge in [0.15, 0.2) is 0 Å². The molecule has 2 rings (SSSR count). The molecule has 1 unspecified atom stereocenters. The molecule has 1 saturated heterocycles. The first kappa shape index (κ1) is 15.3. The Labute approximate surface area is 120 Å². The summed E-state index contributed by atoms with van der Waals surface area (Å²) >= 11 is 0. The zero-order valence-corrected chi connectivity index (χ0v) is 12.7. The Morgan fingerprint density at radius 1 is 1.35 bits per heavy atom. The Kier molecular flexibility index (Phi) is 4.67. The Morgan fingerprint density at radius 3 is 2.70 bits per heavy atom. The van der Waals surface area contributed by atoms with Crippen LogP contribution in [0.1, 0.15) is 26.7 Å². The summed E-state index contributed by atoms with van der Waals surface area (Å²) in [5, 5.41) is 9.77. The van der Waals surface area contributed by atoms with Crippen molar-refractivity contribution in [2.75, 3.05) is 18.0 Å². The highest BCUT2D eigenvalue weighted by molar-refractivity contribution is 7.89. The average Bonchev–Trinajstić information content (AvgIpc) is 2.37. The quantitative estimate of drug-likeness (QED) is 0.880. The predicted molar refractivity (Wildman–Crippen MR) is 79.4 cm³/mol. The van der Waals surface area contributed by atoms with Crippen molar-refractivity contribution < 1.29 is 13.5 Å². The minimum atomic E-state index is -3.53. The lowest BCUT2D eigenvalue weighted by Gasteiger charge is -2.33. The SMILES string of the molecule is CC(C)NS(=O)(=O)c1ccccc1N1CCCC(O)C1. The molecule has 2 N–H and O–H groups in total. The van der Waals surface area contributed by atoms with E-state index < -0.39 is 16.1 Å². The van der Waals surface area contributed by atoms with Crippen LogP contribution in [0.4, 0.5) is 5.69 Å². The average molecular weight is 298 g/mol. The minimum Gasteiger partial charge on any atom is -0.391 e. The Morgan fingerprint density at radius 2 is 2.05 bits per heavy atom. The lowest BCUT2D eigenvalue weighted by atomic mass is 10.1. The van der Waals surface area contributed by atoms with Gasteiger partial charge >= 0.3 is 0 Å². The fourth-order valence-corrected chi connectivity index (χ4v) is 3.97. The molecular formula is C14H22N2O3S. The molecule has 0 amide bonds. The number of rotatable bonds is 4. The molecule has 1 heterocycles. The van der Waals surface area contributed by atoms with Crippen LogP contribution in [0.5, 0.6) is 0 Å². The van der Waals surface area contributed by atoms with E-state index in [0.717, 1.165) is 19.4 Å². The van der Waals surface area contributed by atoms with Crippen molar-refractivity contribution >= 4 is 15.7 Å². The van der Waals surface area contributed by atoms with Gasteiger partial charge in [0.05, 0.1) is 11.8 Å². The van der Waals surface area contributed by atoms with Crippen molar-refractivity contribution in [3.05, 3.63) is 24.3 Å². The van der Waals surface area contributed by atoms with Gasteiger partial charge in [-0.25, -0.2) is 13.1 Å². The van der Waals surface area contributed by atoms with Gasteiger partial charge < -0.3 is 10.0 Å². The first-order valence-corrected chi connectivity index (χ1v) is 8.43. The molecule has 1 aromatic rings. The van der Waals surface area contributed by atoms with Crippen molar-refractivity contribution in [3.8, 4) is 0 Å². The van der Waals surface area contributed by atoms with Crippen molar-refractivity contribution in [1.29, 1.82) is 0 Å². The second kappa shape index (κ2) is 6.11. The van der Waals surface area contributed by atoms with Crippen LogP contribution in [-0.2, 0) is 10.0 Å². The number of para-hydroxylation sites is 1. The summed E-state index contributed by atoms with van der Waals surface area (Å²) < 4.78 is 27.4. The molecule has 112 valence electrons. The maximum atomic E-state index is 12.4. The maximum Gasteiger partial charge on any atom is 0.242 e. The monoisotopic (exact) mass is 298 g/mol. The van der Waals surface area contributed by atoms with E-state index in [1.807, 2.05) is 11.0 Å². The molecule has 1 aliphatic heterocycles. The molecule has 0 spiro atoms. The highest BCUT2D eigenvalue weighted by Gasteiger charge is 2.25. The highest BCUT2D eigenvalue weighted by Crippen LogP contribution is 2.27. The second-order valence-electron chi connectivity index (χ2n) is 5.49. The molecule has 0 aromatic heterocycles. The number of aliphatic hydroxyl groups is 1. The molecule has 0 saturated carbocycles. The first-order valence-electron chi connectivity index (χ1n) is 6.94. The number of benzene rings is 1. The Balaban J connectivity index is 2.35. The van der Waals surface area contributed by atoms with Crippen LogP contribution in [0.15, 0.2) is 29.2 Å². The van der Waals surface area contributed by atoms with Crippen LogP contribution in [0.2, 0.25) is 0 Å². The number of hydrogen-bond donors (Lipinski definition) is 2. The van der Waals surface area contributed by atoms with Crippen molar-refractivity contribution in [2.24, 2.45) is 0 Å². The van der Waals surface area contributed by atoms with E-state index in [2.05, 4.69) is 4.72 Å². The van der Waals surface area contributed by atoms with Crippen LogP contribution in [-0.4, -0.2) is 38.8 Å². The number of β-amino-alcohol motifs (C(OH)–C–C–N with tert-alkyl or cyclic N) is 1. The van der Waals surface area contributed by atoms with Crippen LogP contribution in [0, 0.1) is 0 Å². The van der Waals surface area contributed by atoms with E-state index in [9.17, 15) is 13.5 Å². The smallest absolute Gasteiger partial charge is 0.242 e. The topological polar surface area (TPSA) is 69.6 Å². The molecule has 1 fully saturated rings. The number of aliphatic hydroxyl groups excluding tert-OH is 1. The number of anilines is 1. The van der Waals surface area contributed by atoms with Crippen LogP contribution in [0.3, 0.4) is 0 Å². The number of nitrogens with one attached hydrogen (secondary N) is 1. The molecule has 1 aliphatic rings. The van der Waals surface area contributed by atoms with Gasteiger partial charge in [-0.15, -0.1) is 0 Å². The van der Waals surface area contributed by atoms with Crippen LogP contribution >= 0.6 is 0 Å². The summed E-state index contributed by atoms with van der Waals surface area (Å²) in [4.78, 5) is 2.23. The summed E-state index contributed by atoms with van der Waals surface area (Å²) in [6.07, 6.45) is 1.25. The van der Waals surface area contributed by atoms with E-state index in [4.69, 9.17) is 0 Å². The zero-order valence-electron chi connectivity index (χ0n) is 11.9. The maximum absolute atomic E-state index is 12.4. The van der Waals surface area contributed by atoms with E-state index in [0.29, 0.717) is 12.2 Å². The molecule has 0 radical (unpaired) electrons. The van der Waals surface area contributed by atoms with Gasteiger partial charge in [-0.2, -0.15) is 0 Å². The highest BCUT2D eigenvalue weighted by atomic mass is 32.2. The minimum absolute atomic E-state index is 0.153. The van der Waals surface area contributed by atoms with Gasteiger partial charge in [-0.1, -0.05) is 12.1 Å². The van der Waals surface area contributed by atoms with Gasteiger partial charge in [0.2, 0.25) is 10.0 Å². The van der Waals surface area contributed by atoms with Crippen molar-refractivity contribution in [1.82, 2.24) is 4.72 Å². The molecular weight excluding hydrogens is 276 g/mol. The predicted octanol–water partition coefficient (Wildman–Crippen LogP) is 1.33. The Hall–Kier alpha value is -1.11. The molecule has 0 aliphatic carbocycles. The normalized spacial score (nSPS) is 20.4. The van der Waals surface area contributed by atoms with Crippen molar-refractivity contribution in [3.63, 3.8) is 0 Å². The van der Waals surface area contributed by atoms with Crippen LogP contribution in [0.25, 0.3) is 0 Å². The lowest BCUT2D eigenvalue weighted by Crippen LogP contribution is -2.40. The molecule has 0 bridgehead atoms. The molecule has 20 heavy (non-hydrogen) atoms. The third-order valence-electron chi connectivity index (χ3n) is 3.28.